The van der Waals surface area contributed by atoms with Gasteiger partial charge < -0.3 is 19.7 Å². The number of amides is 1. The lowest BCUT2D eigenvalue weighted by atomic mass is 10.1. The highest BCUT2D eigenvalue weighted by Crippen LogP contribution is 2.32. The van der Waals surface area contributed by atoms with Gasteiger partial charge in [0.15, 0.2) is 11.5 Å². The summed E-state index contributed by atoms with van der Waals surface area (Å²) in [7, 11) is -1.21. The molecule has 0 aromatic heterocycles. The molecule has 2 saturated heterocycles. The lowest BCUT2D eigenvalue weighted by molar-refractivity contribution is -0.131. The molecular weight excluding hydrogens is 376 g/mol. The van der Waals surface area contributed by atoms with Gasteiger partial charge in [0, 0.05) is 48.3 Å². The van der Waals surface area contributed by atoms with Gasteiger partial charge in [0.25, 0.3) is 0 Å². The van der Waals surface area contributed by atoms with Crippen LogP contribution in [-0.4, -0.2) is 59.2 Å². The maximum atomic E-state index is 12.5. The van der Waals surface area contributed by atoms with E-state index in [1.54, 1.807) is 18.2 Å². The van der Waals surface area contributed by atoms with Crippen LogP contribution in [0.4, 0.5) is 0 Å². The molecule has 1 aromatic rings. The summed E-state index contributed by atoms with van der Waals surface area (Å²) in [5.41, 5.74) is 0. The maximum absolute atomic E-state index is 12.5. The van der Waals surface area contributed by atoms with Crippen molar-refractivity contribution in [2.24, 2.45) is 0 Å². The number of nitrogens with zero attached hydrogens (tertiary/aromatic N) is 1. The van der Waals surface area contributed by atoms with Gasteiger partial charge in [-0.3, -0.25) is 9.00 Å². The fraction of sp³-hybridized carbons (Fsp3) is 0.611. The van der Waals surface area contributed by atoms with E-state index in [0.29, 0.717) is 53.9 Å². The summed E-state index contributed by atoms with van der Waals surface area (Å²) < 4.78 is 23.6. The van der Waals surface area contributed by atoms with Crippen LogP contribution in [0.25, 0.3) is 0 Å². The lowest BCUT2D eigenvalue weighted by Gasteiger charge is -2.24. The van der Waals surface area contributed by atoms with Crippen LogP contribution in [0, 0.1) is 0 Å². The molecule has 2 bridgehead atoms. The van der Waals surface area contributed by atoms with Crippen molar-refractivity contribution >= 4 is 29.1 Å². The number of fused-ring (bicyclic) bond motifs is 3. The van der Waals surface area contributed by atoms with Gasteiger partial charge in [0.05, 0.1) is 10.8 Å². The molecule has 1 N–H and O–H groups in total. The third-order valence-corrected chi connectivity index (χ3v) is 6.51. The number of nitrogens with one attached hydrogen (secondary N) is 1. The Morgan fingerprint density at radius 3 is 2.77 bits per heavy atom. The number of carbonyl (C=O) groups is 1. The SMILES string of the molecule is Cl.O=C(CCS(=O)c1ccc2c(c1)OCCO2)N1CCC2CCC(C1)N2. The van der Waals surface area contributed by atoms with Gasteiger partial charge in [0.2, 0.25) is 5.91 Å². The number of rotatable bonds is 4. The normalized spacial score (nSPS) is 25.2. The Morgan fingerprint density at radius 1 is 1.15 bits per heavy atom. The summed E-state index contributed by atoms with van der Waals surface area (Å²) in [4.78, 5) is 15.1. The Morgan fingerprint density at radius 2 is 1.92 bits per heavy atom. The fourth-order valence-corrected chi connectivity index (χ4v) is 4.84. The van der Waals surface area contributed by atoms with Crippen molar-refractivity contribution in [3.63, 3.8) is 0 Å². The van der Waals surface area contributed by atoms with Crippen LogP contribution >= 0.6 is 12.4 Å². The number of benzene rings is 1. The van der Waals surface area contributed by atoms with E-state index in [9.17, 15) is 9.00 Å². The van der Waals surface area contributed by atoms with E-state index < -0.39 is 10.8 Å². The highest BCUT2D eigenvalue weighted by atomic mass is 35.5. The summed E-state index contributed by atoms with van der Waals surface area (Å²) >= 11 is 0. The second kappa shape index (κ2) is 8.59. The summed E-state index contributed by atoms with van der Waals surface area (Å²) in [5, 5.41) is 3.58. The third-order valence-electron chi connectivity index (χ3n) is 5.15. The first kappa shape index (κ1) is 19.5. The molecule has 3 aliphatic rings. The Kier molecular flexibility index (Phi) is 6.42. The summed E-state index contributed by atoms with van der Waals surface area (Å²) in [6.45, 7) is 2.64. The zero-order chi connectivity index (χ0) is 17.2. The van der Waals surface area contributed by atoms with E-state index in [1.165, 1.54) is 6.42 Å². The molecule has 2 fully saturated rings. The van der Waals surface area contributed by atoms with Gasteiger partial charge >= 0.3 is 0 Å². The van der Waals surface area contributed by atoms with Crippen molar-refractivity contribution in [3.8, 4) is 11.5 Å². The van der Waals surface area contributed by atoms with Gasteiger partial charge in [-0.25, -0.2) is 0 Å². The molecule has 4 rings (SSSR count). The van der Waals surface area contributed by atoms with Crippen molar-refractivity contribution in [1.82, 2.24) is 10.2 Å². The number of hydrogen-bond donors (Lipinski definition) is 1. The minimum Gasteiger partial charge on any atom is -0.486 e. The minimum absolute atomic E-state index is 0. The predicted molar refractivity (Wildman–Crippen MR) is 102 cm³/mol. The van der Waals surface area contributed by atoms with Crippen LogP contribution in [0.5, 0.6) is 11.5 Å². The zero-order valence-corrected chi connectivity index (χ0v) is 16.3. The van der Waals surface area contributed by atoms with Crippen molar-refractivity contribution in [2.45, 2.75) is 42.7 Å². The predicted octanol–water partition coefficient (Wildman–Crippen LogP) is 1.73. The van der Waals surface area contributed by atoms with E-state index in [1.807, 2.05) is 4.90 Å². The second-order valence-electron chi connectivity index (χ2n) is 6.87. The molecule has 0 saturated carbocycles. The molecule has 144 valence electrons. The largest absolute Gasteiger partial charge is 0.486 e. The van der Waals surface area contributed by atoms with Crippen LogP contribution in [-0.2, 0) is 15.6 Å². The molecule has 6 nitrogen and oxygen atoms in total. The van der Waals surface area contributed by atoms with Gasteiger partial charge in [0.1, 0.15) is 13.2 Å². The van der Waals surface area contributed by atoms with E-state index in [-0.39, 0.29) is 18.3 Å². The molecule has 0 radical (unpaired) electrons. The van der Waals surface area contributed by atoms with Crippen LogP contribution in [0.3, 0.4) is 0 Å². The molecule has 0 spiro atoms. The lowest BCUT2D eigenvalue weighted by Crippen LogP contribution is -2.39. The summed E-state index contributed by atoms with van der Waals surface area (Å²) in [5.74, 6) is 1.78. The van der Waals surface area contributed by atoms with Gasteiger partial charge in [-0.1, -0.05) is 0 Å². The van der Waals surface area contributed by atoms with Crippen molar-refractivity contribution < 1.29 is 18.5 Å². The van der Waals surface area contributed by atoms with Crippen molar-refractivity contribution in [1.29, 1.82) is 0 Å². The summed E-state index contributed by atoms with van der Waals surface area (Å²) in [6.07, 6.45) is 3.71. The molecular formula is C18H25ClN2O4S. The standard InChI is InChI=1S/C18H24N2O4S.ClH/c21-18(20-7-5-13-1-2-14(12-20)19-13)6-10-25(22)15-3-4-16-17(11-15)24-9-8-23-16;/h3-4,11,13-14,19H,1-2,5-10,12H2;1H. The minimum atomic E-state index is -1.21. The second-order valence-corrected chi connectivity index (χ2v) is 8.44. The zero-order valence-electron chi connectivity index (χ0n) is 14.6. The first-order chi connectivity index (χ1) is 12.2. The van der Waals surface area contributed by atoms with E-state index in [2.05, 4.69) is 5.32 Å². The summed E-state index contributed by atoms with van der Waals surface area (Å²) in [6, 6.07) is 6.35. The number of halogens is 1. The van der Waals surface area contributed by atoms with E-state index in [4.69, 9.17) is 9.47 Å². The number of likely N-dealkylation sites (tertiary alicyclic amines) is 1. The first-order valence-electron chi connectivity index (χ1n) is 9.01. The molecule has 1 amide bonds. The average Bonchev–Trinajstić information content (AvgIpc) is 2.97. The highest BCUT2D eigenvalue weighted by Gasteiger charge is 2.31. The Balaban J connectivity index is 0.00000196. The van der Waals surface area contributed by atoms with Crippen molar-refractivity contribution in [2.75, 3.05) is 32.1 Å². The van der Waals surface area contributed by atoms with Crippen LogP contribution < -0.4 is 14.8 Å². The van der Waals surface area contributed by atoms with E-state index >= 15 is 0 Å². The van der Waals surface area contributed by atoms with Crippen LogP contribution in [0.1, 0.15) is 25.7 Å². The van der Waals surface area contributed by atoms with Crippen LogP contribution in [0.2, 0.25) is 0 Å². The average molecular weight is 401 g/mol. The highest BCUT2D eigenvalue weighted by molar-refractivity contribution is 7.85. The molecule has 3 heterocycles. The molecule has 26 heavy (non-hydrogen) atoms. The van der Waals surface area contributed by atoms with Gasteiger partial charge in [-0.15, -0.1) is 12.4 Å². The first-order valence-corrected chi connectivity index (χ1v) is 10.3. The molecule has 3 aliphatic heterocycles. The van der Waals surface area contributed by atoms with Gasteiger partial charge in [-0.2, -0.15) is 0 Å². The fourth-order valence-electron chi connectivity index (χ4n) is 3.79. The Labute approximate surface area is 162 Å². The number of hydrogen-bond acceptors (Lipinski definition) is 5. The topological polar surface area (TPSA) is 67.9 Å². The number of carbonyl (C=O) groups excluding carboxylic acids is 1. The Hall–Kier alpha value is -1.31. The molecule has 1 aromatic carbocycles. The smallest absolute Gasteiger partial charge is 0.223 e. The monoisotopic (exact) mass is 400 g/mol. The molecule has 3 unspecified atom stereocenters. The third kappa shape index (κ3) is 4.32. The molecule has 3 atom stereocenters. The number of ether oxygens (including phenoxy) is 2. The molecule has 0 aliphatic carbocycles. The molecule has 8 heteroatoms. The van der Waals surface area contributed by atoms with Crippen molar-refractivity contribution in [3.05, 3.63) is 18.2 Å². The van der Waals surface area contributed by atoms with Gasteiger partial charge in [-0.05, 0) is 31.4 Å². The Bertz CT molecular complexity index is 687. The van der Waals surface area contributed by atoms with Crippen LogP contribution in [0.15, 0.2) is 23.1 Å². The van der Waals surface area contributed by atoms with E-state index in [0.717, 1.165) is 25.9 Å². The maximum Gasteiger partial charge on any atom is 0.223 e. The quantitative estimate of drug-likeness (QED) is 0.833.